The minimum absolute atomic E-state index is 0.0522. The van der Waals surface area contributed by atoms with Crippen molar-refractivity contribution in [3.63, 3.8) is 0 Å². The first-order valence-corrected chi connectivity index (χ1v) is 14.0. The monoisotopic (exact) mass is 512 g/mol. The molecule has 1 N–H and O–H groups in total. The molecule has 2 aliphatic rings. The van der Waals surface area contributed by atoms with Crippen LogP contribution in [0.25, 0.3) is 11.1 Å². The van der Waals surface area contributed by atoms with Crippen LogP contribution in [-0.4, -0.2) is 18.6 Å². The lowest BCUT2D eigenvalue weighted by Gasteiger charge is -2.55. The van der Waals surface area contributed by atoms with Crippen molar-refractivity contribution in [1.29, 1.82) is 0 Å². The van der Waals surface area contributed by atoms with E-state index in [-0.39, 0.29) is 21.4 Å². The molecule has 3 atom stereocenters. The van der Waals surface area contributed by atoms with Crippen molar-refractivity contribution in [1.82, 2.24) is 0 Å². The smallest absolute Gasteiger partial charge is 0.292 e. The number of ether oxygens (including phenoxy) is 1. The van der Waals surface area contributed by atoms with Crippen molar-refractivity contribution in [3.8, 4) is 16.9 Å². The Labute approximate surface area is 226 Å². The average molecular weight is 513 g/mol. The van der Waals surface area contributed by atoms with Crippen molar-refractivity contribution < 1.29 is 9.66 Å². The fraction of sp³-hybridized carbons (Fsp3) is 0.455. The number of nitrogens with zero attached hydrogens (tertiary/aromatic N) is 1. The number of aryl methyl sites for hydroxylation is 1. The predicted octanol–water partition coefficient (Wildman–Crippen LogP) is 8.52. The highest BCUT2D eigenvalue weighted by Gasteiger charge is 2.51. The molecule has 0 bridgehead atoms. The highest BCUT2D eigenvalue weighted by atomic mass is 16.6. The maximum atomic E-state index is 12.1. The molecule has 200 valence electrons. The molecule has 0 amide bonds. The van der Waals surface area contributed by atoms with E-state index in [4.69, 9.17) is 4.74 Å². The molecule has 5 nitrogen and oxygen atoms in total. The first-order chi connectivity index (χ1) is 18.2. The zero-order valence-electron chi connectivity index (χ0n) is 23.3. The number of nitrogens with one attached hydrogen (secondary N) is 1. The van der Waals surface area contributed by atoms with E-state index in [2.05, 4.69) is 51.2 Å². The first-order valence-electron chi connectivity index (χ1n) is 14.0. The van der Waals surface area contributed by atoms with E-state index in [1.54, 1.807) is 13.2 Å². The number of benzene rings is 3. The van der Waals surface area contributed by atoms with E-state index >= 15 is 0 Å². The lowest BCUT2D eigenvalue weighted by molar-refractivity contribution is -0.383. The number of rotatable bonds is 7. The van der Waals surface area contributed by atoms with Crippen LogP contribution in [0.1, 0.15) is 76.0 Å². The fourth-order valence-corrected chi connectivity index (χ4v) is 7.39. The van der Waals surface area contributed by atoms with Gasteiger partial charge in [-0.2, -0.15) is 0 Å². The second-order valence-electron chi connectivity index (χ2n) is 12.1. The van der Waals surface area contributed by atoms with Gasteiger partial charge in [0.15, 0.2) is 0 Å². The summed E-state index contributed by atoms with van der Waals surface area (Å²) in [5.74, 6) is 1.77. The number of para-hydroxylation sites is 1. The molecule has 3 aromatic carbocycles. The Morgan fingerprint density at radius 3 is 2.61 bits per heavy atom. The van der Waals surface area contributed by atoms with Gasteiger partial charge in [0.1, 0.15) is 11.4 Å². The van der Waals surface area contributed by atoms with E-state index in [1.807, 2.05) is 36.4 Å². The van der Waals surface area contributed by atoms with Gasteiger partial charge in [0.2, 0.25) is 0 Å². The Bertz CT molecular complexity index is 1350. The summed E-state index contributed by atoms with van der Waals surface area (Å²) < 4.78 is 5.49. The van der Waals surface area contributed by atoms with Crippen molar-refractivity contribution in [2.24, 2.45) is 11.3 Å². The molecular formula is C33H40N2O3. The van der Waals surface area contributed by atoms with Gasteiger partial charge in [0.25, 0.3) is 5.69 Å². The van der Waals surface area contributed by atoms with Gasteiger partial charge in [-0.3, -0.25) is 10.1 Å². The fourth-order valence-electron chi connectivity index (χ4n) is 7.39. The van der Waals surface area contributed by atoms with Gasteiger partial charge in [-0.15, -0.1) is 0 Å². The maximum absolute atomic E-state index is 12.1. The van der Waals surface area contributed by atoms with Gasteiger partial charge in [-0.05, 0) is 82.7 Å². The summed E-state index contributed by atoms with van der Waals surface area (Å²) in [5.41, 5.74) is 6.97. The highest BCUT2D eigenvalue weighted by molar-refractivity contribution is 5.77. The van der Waals surface area contributed by atoms with Crippen LogP contribution in [0.5, 0.6) is 5.75 Å². The third-order valence-corrected chi connectivity index (χ3v) is 9.46. The Hall–Kier alpha value is -3.34. The molecule has 1 fully saturated rings. The van der Waals surface area contributed by atoms with Crippen LogP contribution in [0.2, 0.25) is 0 Å². The summed E-state index contributed by atoms with van der Waals surface area (Å²) in [7, 11) is 1.62. The zero-order chi connectivity index (χ0) is 27.1. The molecule has 0 radical (unpaired) electrons. The Kier molecular flexibility index (Phi) is 6.97. The Morgan fingerprint density at radius 2 is 1.87 bits per heavy atom. The molecule has 0 unspecified atom stereocenters. The Morgan fingerprint density at radius 1 is 1.08 bits per heavy atom. The molecule has 5 rings (SSSR count). The second-order valence-corrected chi connectivity index (χ2v) is 12.1. The van der Waals surface area contributed by atoms with Crippen LogP contribution < -0.4 is 10.1 Å². The predicted molar refractivity (Wildman–Crippen MR) is 155 cm³/mol. The molecule has 0 aromatic heterocycles. The van der Waals surface area contributed by atoms with E-state index in [9.17, 15) is 10.1 Å². The minimum atomic E-state index is -0.280. The molecule has 0 aliphatic heterocycles. The summed E-state index contributed by atoms with van der Waals surface area (Å²) in [6, 6.07) is 20.3. The topological polar surface area (TPSA) is 64.4 Å². The summed E-state index contributed by atoms with van der Waals surface area (Å²) >= 11 is 0. The van der Waals surface area contributed by atoms with Gasteiger partial charge in [0.05, 0.1) is 12.0 Å². The summed E-state index contributed by atoms with van der Waals surface area (Å²) in [6.07, 6.45) is 5.78. The number of hydrogen-bond donors (Lipinski definition) is 1. The normalized spacial score (nSPS) is 24.4. The van der Waals surface area contributed by atoms with Gasteiger partial charge < -0.3 is 10.1 Å². The van der Waals surface area contributed by atoms with E-state index in [0.717, 1.165) is 36.9 Å². The summed E-state index contributed by atoms with van der Waals surface area (Å²) in [6.45, 7) is 10.1. The largest absolute Gasteiger partial charge is 0.496 e. The Balaban J connectivity index is 1.41. The third-order valence-electron chi connectivity index (χ3n) is 9.46. The molecule has 1 saturated carbocycles. The molecule has 38 heavy (non-hydrogen) atoms. The summed E-state index contributed by atoms with van der Waals surface area (Å²) in [5, 5.41) is 15.7. The molecule has 2 aliphatic carbocycles. The number of hydrogen-bond acceptors (Lipinski definition) is 4. The first kappa shape index (κ1) is 26.3. The van der Waals surface area contributed by atoms with Crippen molar-refractivity contribution in [2.75, 3.05) is 19.0 Å². The van der Waals surface area contributed by atoms with Crippen molar-refractivity contribution in [3.05, 3.63) is 87.5 Å². The van der Waals surface area contributed by atoms with Gasteiger partial charge >= 0.3 is 0 Å². The molecule has 0 heterocycles. The van der Waals surface area contributed by atoms with Crippen LogP contribution in [-0.2, 0) is 11.8 Å². The van der Waals surface area contributed by atoms with Crippen LogP contribution in [0.4, 0.5) is 11.4 Å². The number of nitro benzene ring substituents is 1. The van der Waals surface area contributed by atoms with Gasteiger partial charge in [0, 0.05) is 18.2 Å². The molecule has 0 spiro atoms. The van der Waals surface area contributed by atoms with E-state index < -0.39 is 0 Å². The van der Waals surface area contributed by atoms with Gasteiger partial charge in [-0.25, -0.2) is 0 Å². The number of anilines is 1. The van der Waals surface area contributed by atoms with Crippen LogP contribution in [0.3, 0.4) is 0 Å². The maximum Gasteiger partial charge on any atom is 0.292 e. The third kappa shape index (κ3) is 4.57. The SMILES string of the molecule is COc1ccccc1-c1ccc(NC[C@@]2(C)CCC[C@]3(C)c4ccc(C(C)C)cc4CC[C@@H]23)c([N+](=O)[O-])c1. The van der Waals surface area contributed by atoms with Crippen molar-refractivity contribution in [2.45, 2.75) is 71.1 Å². The highest BCUT2D eigenvalue weighted by Crippen LogP contribution is 2.57. The van der Waals surface area contributed by atoms with Crippen molar-refractivity contribution >= 4 is 11.4 Å². The number of nitro groups is 1. The molecule has 5 heteroatoms. The zero-order valence-corrected chi connectivity index (χ0v) is 23.3. The molecular weight excluding hydrogens is 472 g/mol. The van der Waals surface area contributed by atoms with Crippen LogP contribution >= 0.6 is 0 Å². The lowest BCUT2D eigenvalue weighted by atomic mass is 9.49. The second kappa shape index (κ2) is 10.1. The minimum Gasteiger partial charge on any atom is -0.496 e. The number of fused-ring (bicyclic) bond motifs is 3. The van der Waals surface area contributed by atoms with Gasteiger partial charge in [-0.1, -0.05) is 76.6 Å². The quantitative estimate of drug-likeness (QED) is 0.254. The van der Waals surface area contributed by atoms with Crippen LogP contribution in [0, 0.1) is 21.4 Å². The standard InChI is InChI=1S/C33H40N2O3/c1-22(2)23-11-14-27-25(19-23)13-16-31-32(3,17-8-18-33(27,31)4)21-34-28-15-12-24(20-29(28)35(36)37)26-9-6-7-10-30(26)38-5/h6-7,9-12,14-15,19-20,22,31,34H,8,13,16-18,21H2,1-5H3/t31-,32+,33+/m0/s1. The van der Waals surface area contributed by atoms with E-state index in [1.165, 1.54) is 29.5 Å². The number of methoxy groups -OCH3 is 1. The average Bonchev–Trinajstić information content (AvgIpc) is 2.91. The lowest BCUT2D eigenvalue weighted by Crippen LogP contribution is -2.51. The summed E-state index contributed by atoms with van der Waals surface area (Å²) in [4.78, 5) is 11.8. The van der Waals surface area contributed by atoms with E-state index in [0.29, 0.717) is 23.3 Å². The molecule has 0 saturated heterocycles. The van der Waals surface area contributed by atoms with Crippen LogP contribution in [0.15, 0.2) is 60.7 Å². The molecule has 3 aromatic rings.